The second-order valence-electron chi connectivity index (χ2n) is 5.76. The molecule has 1 saturated heterocycles. The molecule has 2 unspecified atom stereocenters. The quantitative estimate of drug-likeness (QED) is 0.881. The van der Waals surface area contributed by atoms with E-state index in [2.05, 4.69) is 34.4 Å². The summed E-state index contributed by atoms with van der Waals surface area (Å²) >= 11 is 0. The van der Waals surface area contributed by atoms with Gasteiger partial charge >= 0.3 is 0 Å². The highest BCUT2D eigenvalue weighted by Gasteiger charge is 2.32. The fourth-order valence-corrected chi connectivity index (χ4v) is 3.10. The molecular weight excluding hydrogens is 222 g/mol. The number of rotatable bonds is 4. The fraction of sp³-hybridized carbons (Fsp3) is 0.667. The van der Waals surface area contributed by atoms with E-state index in [0.29, 0.717) is 12.0 Å². The zero-order valence-corrected chi connectivity index (χ0v) is 11.2. The standard InChI is InChI=1S/C15H23N3/c1-18-10-4-5-12(11-17-13-7-8-13)15(18)14-6-2-3-9-16-14/h2-3,6,9,12-13,15,17H,4-5,7-8,10-11H2,1H3. The van der Waals surface area contributed by atoms with Gasteiger partial charge in [-0.1, -0.05) is 6.07 Å². The summed E-state index contributed by atoms with van der Waals surface area (Å²) in [6.07, 6.45) is 7.30. The van der Waals surface area contributed by atoms with Crippen molar-refractivity contribution in [3.63, 3.8) is 0 Å². The Hall–Kier alpha value is -0.930. The Morgan fingerprint density at radius 1 is 1.33 bits per heavy atom. The summed E-state index contributed by atoms with van der Waals surface area (Å²) in [5.41, 5.74) is 1.24. The van der Waals surface area contributed by atoms with Crippen molar-refractivity contribution < 1.29 is 0 Å². The van der Waals surface area contributed by atoms with Gasteiger partial charge in [-0.3, -0.25) is 9.88 Å². The third kappa shape index (κ3) is 2.73. The van der Waals surface area contributed by atoms with Gasteiger partial charge in [-0.2, -0.15) is 0 Å². The van der Waals surface area contributed by atoms with Crippen molar-refractivity contribution in [3.05, 3.63) is 30.1 Å². The summed E-state index contributed by atoms with van der Waals surface area (Å²) in [7, 11) is 2.24. The lowest BCUT2D eigenvalue weighted by molar-refractivity contribution is 0.116. The van der Waals surface area contributed by atoms with Gasteiger partial charge in [-0.05, 0) is 57.3 Å². The van der Waals surface area contributed by atoms with E-state index < -0.39 is 0 Å². The van der Waals surface area contributed by atoms with Crippen LogP contribution < -0.4 is 5.32 Å². The van der Waals surface area contributed by atoms with E-state index in [1.807, 2.05) is 12.3 Å². The van der Waals surface area contributed by atoms with Gasteiger partial charge in [0.2, 0.25) is 0 Å². The molecule has 1 aliphatic heterocycles. The van der Waals surface area contributed by atoms with Crippen LogP contribution in [-0.2, 0) is 0 Å². The Balaban J connectivity index is 1.72. The molecule has 0 aromatic carbocycles. The third-order valence-corrected chi connectivity index (χ3v) is 4.24. The van der Waals surface area contributed by atoms with E-state index >= 15 is 0 Å². The summed E-state index contributed by atoms with van der Waals surface area (Å²) in [4.78, 5) is 7.05. The van der Waals surface area contributed by atoms with Crippen LogP contribution in [0.2, 0.25) is 0 Å². The molecule has 0 bridgehead atoms. The Morgan fingerprint density at radius 2 is 2.22 bits per heavy atom. The van der Waals surface area contributed by atoms with Gasteiger partial charge in [0.1, 0.15) is 0 Å². The van der Waals surface area contributed by atoms with Crippen LogP contribution in [0.4, 0.5) is 0 Å². The Bertz CT molecular complexity index is 375. The molecule has 18 heavy (non-hydrogen) atoms. The molecule has 1 aliphatic carbocycles. The minimum atomic E-state index is 0.492. The van der Waals surface area contributed by atoms with Gasteiger partial charge < -0.3 is 5.32 Å². The molecule has 0 spiro atoms. The number of aromatic nitrogens is 1. The summed E-state index contributed by atoms with van der Waals surface area (Å²) in [6.45, 7) is 2.34. The first-order valence-corrected chi connectivity index (χ1v) is 7.19. The number of hydrogen-bond donors (Lipinski definition) is 1. The van der Waals surface area contributed by atoms with Crippen LogP contribution in [0.15, 0.2) is 24.4 Å². The first-order valence-electron chi connectivity index (χ1n) is 7.19. The normalized spacial score (nSPS) is 29.4. The molecule has 0 radical (unpaired) electrons. The highest BCUT2D eigenvalue weighted by molar-refractivity contribution is 5.11. The number of hydrogen-bond acceptors (Lipinski definition) is 3. The molecule has 2 heterocycles. The van der Waals surface area contributed by atoms with Crippen molar-refractivity contribution in [2.75, 3.05) is 20.1 Å². The maximum Gasteiger partial charge on any atom is 0.0578 e. The highest BCUT2D eigenvalue weighted by atomic mass is 15.2. The Labute approximate surface area is 110 Å². The van der Waals surface area contributed by atoms with Crippen LogP contribution in [-0.4, -0.2) is 36.1 Å². The molecule has 1 N–H and O–H groups in total. The van der Waals surface area contributed by atoms with Gasteiger partial charge in [0, 0.05) is 18.8 Å². The molecule has 98 valence electrons. The van der Waals surface area contributed by atoms with Crippen molar-refractivity contribution in [1.29, 1.82) is 0 Å². The summed E-state index contributed by atoms with van der Waals surface area (Å²) in [5.74, 6) is 0.708. The molecule has 0 amide bonds. The van der Waals surface area contributed by atoms with Crippen LogP contribution in [0.1, 0.15) is 37.4 Å². The lowest BCUT2D eigenvalue weighted by atomic mass is 9.87. The Kier molecular flexibility index (Phi) is 3.62. The minimum absolute atomic E-state index is 0.492. The maximum absolute atomic E-state index is 4.58. The largest absolute Gasteiger partial charge is 0.314 e. The van der Waals surface area contributed by atoms with Gasteiger partial charge in [-0.15, -0.1) is 0 Å². The fourth-order valence-electron chi connectivity index (χ4n) is 3.10. The molecule has 2 aliphatic rings. The second kappa shape index (κ2) is 5.37. The van der Waals surface area contributed by atoms with E-state index in [4.69, 9.17) is 0 Å². The van der Waals surface area contributed by atoms with Crippen LogP contribution in [0.3, 0.4) is 0 Å². The lowest BCUT2D eigenvalue weighted by Gasteiger charge is -2.39. The maximum atomic E-state index is 4.58. The molecular formula is C15H23N3. The van der Waals surface area contributed by atoms with Gasteiger partial charge in [-0.25, -0.2) is 0 Å². The minimum Gasteiger partial charge on any atom is -0.314 e. The number of piperidine rings is 1. The van der Waals surface area contributed by atoms with E-state index in [1.165, 1.54) is 37.9 Å². The average molecular weight is 245 g/mol. The van der Waals surface area contributed by atoms with Crippen molar-refractivity contribution in [2.45, 2.75) is 37.8 Å². The summed E-state index contributed by atoms with van der Waals surface area (Å²) in [6, 6.07) is 7.59. The molecule has 1 aromatic heterocycles. The third-order valence-electron chi connectivity index (χ3n) is 4.24. The summed E-state index contributed by atoms with van der Waals surface area (Å²) in [5, 5.41) is 3.69. The van der Waals surface area contributed by atoms with Crippen LogP contribution >= 0.6 is 0 Å². The van der Waals surface area contributed by atoms with E-state index in [9.17, 15) is 0 Å². The van der Waals surface area contributed by atoms with Crippen molar-refractivity contribution in [2.24, 2.45) is 5.92 Å². The van der Waals surface area contributed by atoms with Crippen LogP contribution in [0.5, 0.6) is 0 Å². The van der Waals surface area contributed by atoms with Crippen molar-refractivity contribution in [3.8, 4) is 0 Å². The number of likely N-dealkylation sites (tertiary alicyclic amines) is 1. The number of pyridine rings is 1. The van der Waals surface area contributed by atoms with Crippen LogP contribution in [0, 0.1) is 5.92 Å². The lowest BCUT2D eigenvalue weighted by Crippen LogP contribution is -2.41. The number of nitrogens with zero attached hydrogens (tertiary/aromatic N) is 2. The zero-order chi connectivity index (χ0) is 12.4. The number of nitrogens with one attached hydrogen (secondary N) is 1. The molecule has 2 fully saturated rings. The van der Waals surface area contributed by atoms with Gasteiger partial charge in [0.15, 0.2) is 0 Å². The molecule has 1 saturated carbocycles. The monoisotopic (exact) mass is 245 g/mol. The smallest absolute Gasteiger partial charge is 0.0578 e. The molecule has 3 heteroatoms. The Morgan fingerprint density at radius 3 is 2.94 bits per heavy atom. The van der Waals surface area contributed by atoms with Crippen molar-refractivity contribution in [1.82, 2.24) is 15.2 Å². The molecule has 1 aromatic rings. The average Bonchev–Trinajstić information content (AvgIpc) is 3.21. The second-order valence-corrected chi connectivity index (χ2v) is 5.76. The topological polar surface area (TPSA) is 28.2 Å². The SMILES string of the molecule is CN1CCCC(CNC2CC2)C1c1ccccn1. The van der Waals surface area contributed by atoms with E-state index in [0.717, 1.165) is 12.6 Å². The molecule has 3 rings (SSSR count). The zero-order valence-electron chi connectivity index (χ0n) is 11.2. The predicted octanol–water partition coefficient (Wildman–Crippen LogP) is 2.22. The summed E-state index contributed by atoms with van der Waals surface area (Å²) < 4.78 is 0. The molecule has 2 atom stereocenters. The van der Waals surface area contributed by atoms with Gasteiger partial charge in [0.25, 0.3) is 0 Å². The van der Waals surface area contributed by atoms with Crippen LogP contribution in [0.25, 0.3) is 0 Å². The highest BCUT2D eigenvalue weighted by Crippen LogP contribution is 2.34. The van der Waals surface area contributed by atoms with Gasteiger partial charge in [0.05, 0.1) is 11.7 Å². The van der Waals surface area contributed by atoms with Crippen molar-refractivity contribution >= 4 is 0 Å². The first kappa shape index (κ1) is 12.1. The predicted molar refractivity (Wildman–Crippen MR) is 73.4 cm³/mol. The van der Waals surface area contributed by atoms with E-state index in [-0.39, 0.29) is 0 Å². The first-order chi connectivity index (χ1) is 8.84. The van der Waals surface area contributed by atoms with E-state index in [1.54, 1.807) is 0 Å². The molecule has 3 nitrogen and oxygen atoms in total.